The van der Waals surface area contributed by atoms with Gasteiger partial charge in [0.05, 0.1) is 0 Å². The van der Waals surface area contributed by atoms with Crippen molar-refractivity contribution in [2.45, 2.75) is 37.8 Å². The van der Waals surface area contributed by atoms with Crippen molar-refractivity contribution in [1.29, 1.82) is 0 Å². The van der Waals surface area contributed by atoms with Gasteiger partial charge >= 0.3 is 0 Å². The van der Waals surface area contributed by atoms with E-state index >= 15 is 0 Å². The van der Waals surface area contributed by atoms with Crippen LogP contribution in [0.15, 0.2) is 18.2 Å². The Balaban J connectivity index is 1.80. The lowest BCUT2D eigenvalue weighted by Gasteiger charge is -2.45. The van der Waals surface area contributed by atoms with Crippen LogP contribution < -0.4 is 5.32 Å². The summed E-state index contributed by atoms with van der Waals surface area (Å²) in [6, 6.07) is 5.85. The number of hydrogen-bond donors (Lipinski definition) is 1. The highest BCUT2D eigenvalue weighted by molar-refractivity contribution is 6.35. The van der Waals surface area contributed by atoms with Gasteiger partial charge in [-0.25, -0.2) is 0 Å². The van der Waals surface area contributed by atoms with Crippen molar-refractivity contribution in [3.63, 3.8) is 0 Å². The molecule has 1 aromatic carbocycles. The van der Waals surface area contributed by atoms with Crippen molar-refractivity contribution in [3.05, 3.63) is 33.8 Å². The molecule has 1 aliphatic carbocycles. The van der Waals surface area contributed by atoms with Crippen LogP contribution in [0.4, 0.5) is 0 Å². The second-order valence-electron chi connectivity index (χ2n) is 5.77. The first kappa shape index (κ1) is 13.7. The van der Waals surface area contributed by atoms with Crippen molar-refractivity contribution in [1.82, 2.24) is 10.2 Å². The van der Waals surface area contributed by atoms with Crippen LogP contribution in [-0.4, -0.2) is 30.1 Å². The number of piperazine rings is 1. The molecule has 0 amide bonds. The first-order chi connectivity index (χ1) is 9.20. The molecule has 2 nitrogen and oxygen atoms in total. The zero-order valence-electron chi connectivity index (χ0n) is 11.1. The maximum Gasteiger partial charge on any atom is 0.0465 e. The highest BCUT2D eigenvalue weighted by Gasteiger charge is 2.40. The van der Waals surface area contributed by atoms with Gasteiger partial charge in [-0.1, -0.05) is 42.1 Å². The highest BCUT2D eigenvalue weighted by Crippen LogP contribution is 2.37. The Bertz CT molecular complexity index is 455. The number of nitrogens with zero attached hydrogens (tertiary/aromatic N) is 1. The molecule has 1 aliphatic heterocycles. The first-order valence-electron chi connectivity index (χ1n) is 7.09. The van der Waals surface area contributed by atoms with E-state index in [0.717, 1.165) is 31.2 Å². The van der Waals surface area contributed by atoms with E-state index in [1.165, 1.54) is 31.2 Å². The van der Waals surface area contributed by atoms with Crippen LogP contribution in [0.3, 0.4) is 0 Å². The van der Waals surface area contributed by atoms with E-state index < -0.39 is 0 Å². The second-order valence-corrected chi connectivity index (χ2v) is 6.61. The van der Waals surface area contributed by atoms with Gasteiger partial charge in [-0.2, -0.15) is 0 Å². The third kappa shape index (κ3) is 2.78. The van der Waals surface area contributed by atoms with E-state index in [9.17, 15) is 0 Å². The quantitative estimate of drug-likeness (QED) is 0.895. The third-order valence-electron chi connectivity index (χ3n) is 4.59. The average Bonchev–Trinajstić information content (AvgIpc) is 2.85. The molecule has 0 bridgehead atoms. The summed E-state index contributed by atoms with van der Waals surface area (Å²) in [4.78, 5) is 2.63. The van der Waals surface area contributed by atoms with E-state index in [1.54, 1.807) is 0 Å². The van der Waals surface area contributed by atoms with Gasteiger partial charge in [-0.15, -0.1) is 0 Å². The average molecular weight is 299 g/mol. The molecule has 0 atom stereocenters. The van der Waals surface area contributed by atoms with Crippen LogP contribution in [0.2, 0.25) is 10.0 Å². The maximum absolute atomic E-state index is 6.32. The molecule has 2 fully saturated rings. The largest absolute Gasteiger partial charge is 0.314 e. The van der Waals surface area contributed by atoms with Gasteiger partial charge in [-0.05, 0) is 30.5 Å². The molecule has 104 valence electrons. The number of nitrogens with one attached hydrogen (secondary N) is 1. The molecular formula is C15H20Cl2N2. The normalized spacial score (nSPS) is 23.1. The van der Waals surface area contributed by atoms with Crippen molar-refractivity contribution < 1.29 is 0 Å². The Morgan fingerprint density at radius 2 is 2.00 bits per heavy atom. The Kier molecular flexibility index (Phi) is 4.04. The highest BCUT2D eigenvalue weighted by atomic mass is 35.5. The van der Waals surface area contributed by atoms with Crippen molar-refractivity contribution >= 4 is 23.2 Å². The standard InChI is InChI=1S/C15H20Cl2N2/c16-13-4-3-12(14(17)9-13)10-19-8-7-18-11-15(19)5-1-2-6-15/h3-4,9,18H,1-2,5-8,10-11H2. The van der Waals surface area contributed by atoms with E-state index in [4.69, 9.17) is 23.2 Å². The monoisotopic (exact) mass is 298 g/mol. The Hall–Kier alpha value is -0.280. The molecule has 19 heavy (non-hydrogen) atoms. The summed E-state index contributed by atoms with van der Waals surface area (Å²) in [7, 11) is 0. The van der Waals surface area contributed by atoms with Crippen LogP contribution >= 0.6 is 23.2 Å². The molecule has 1 N–H and O–H groups in total. The number of halogens is 2. The summed E-state index contributed by atoms with van der Waals surface area (Å²) in [5, 5.41) is 5.06. The van der Waals surface area contributed by atoms with E-state index in [2.05, 4.69) is 16.3 Å². The molecule has 1 spiro atoms. The smallest absolute Gasteiger partial charge is 0.0465 e. The van der Waals surface area contributed by atoms with Crippen LogP contribution in [-0.2, 0) is 6.54 Å². The summed E-state index contributed by atoms with van der Waals surface area (Å²) < 4.78 is 0. The first-order valence-corrected chi connectivity index (χ1v) is 7.85. The van der Waals surface area contributed by atoms with Gasteiger partial charge in [0.15, 0.2) is 0 Å². The molecule has 0 aromatic heterocycles. The zero-order valence-corrected chi connectivity index (χ0v) is 12.6. The fourth-order valence-corrected chi connectivity index (χ4v) is 3.98. The minimum absolute atomic E-state index is 0.362. The van der Waals surface area contributed by atoms with Crippen molar-refractivity contribution in [2.24, 2.45) is 0 Å². The summed E-state index contributed by atoms with van der Waals surface area (Å²) in [5.41, 5.74) is 1.56. The van der Waals surface area contributed by atoms with Crippen LogP contribution in [0, 0.1) is 0 Å². The van der Waals surface area contributed by atoms with E-state index in [0.29, 0.717) is 10.6 Å². The number of hydrogen-bond acceptors (Lipinski definition) is 2. The number of benzene rings is 1. The molecular weight excluding hydrogens is 279 g/mol. The Morgan fingerprint density at radius 1 is 1.21 bits per heavy atom. The number of rotatable bonds is 2. The van der Waals surface area contributed by atoms with Gasteiger partial charge in [0.1, 0.15) is 0 Å². The van der Waals surface area contributed by atoms with E-state index in [-0.39, 0.29) is 0 Å². The van der Waals surface area contributed by atoms with Gasteiger partial charge in [-0.3, -0.25) is 4.90 Å². The van der Waals surface area contributed by atoms with Gasteiger partial charge in [0, 0.05) is 41.8 Å². The van der Waals surface area contributed by atoms with E-state index in [1.807, 2.05) is 12.1 Å². The minimum atomic E-state index is 0.362. The molecule has 2 aliphatic rings. The maximum atomic E-state index is 6.32. The molecule has 4 heteroatoms. The predicted octanol–water partition coefficient (Wildman–Crippen LogP) is 3.71. The fraction of sp³-hybridized carbons (Fsp3) is 0.600. The molecule has 0 unspecified atom stereocenters. The van der Waals surface area contributed by atoms with Crippen LogP contribution in [0.25, 0.3) is 0 Å². The lowest BCUT2D eigenvalue weighted by molar-refractivity contribution is 0.0573. The lowest BCUT2D eigenvalue weighted by Crippen LogP contribution is -2.59. The van der Waals surface area contributed by atoms with Crippen LogP contribution in [0.5, 0.6) is 0 Å². The topological polar surface area (TPSA) is 15.3 Å². The lowest BCUT2D eigenvalue weighted by atomic mass is 9.92. The second kappa shape index (κ2) is 5.61. The van der Waals surface area contributed by atoms with Gasteiger partial charge in [0.25, 0.3) is 0 Å². The SMILES string of the molecule is Clc1ccc(CN2CCNCC23CCCC3)c(Cl)c1. The van der Waals surface area contributed by atoms with Crippen LogP contribution in [0.1, 0.15) is 31.2 Å². The zero-order chi connectivity index (χ0) is 13.3. The predicted molar refractivity (Wildman–Crippen MR) is 80.9 cm³/mol. The Morgan fingerprint density at radius 3 is 2.74 bits per heavy atom. The van der Waals surface area contributed by atoms with Gasteiger partial charge < -0.3 is 5.32 Å². The summed E-state index contributed by atoms with van der Waals surface area (Å²) in [6.07, 6.45) is 5.33. The summed E-state index contributed by atoms with van der Waals surface area (Å²) >= 11 is 12.3. The molecule has 1 saturated heterocycles. The molecule has 1 aromatic rings. The summed E-state index contributed by atoms with van der Waals surface area (Å²) in [5.74, 6) is 0. The molecule has 1 saturated carbocycles. The minimum Gasteiger partial charge on any atom is -0.314 e. The molecule has 1 heterocycles. The summed E-state index contributed by atoms with van der Waals surface area (Å²) in [6.45, 7) is 4.25. The molecule has 0 radical (unpaired) electrons. The Labute approximate surface area is 125 Å². The van der Waals surface area contributed by atoms with Crippen molar-refractivity contribution in [3.8, 4) is 0 Å². The van der Waals surface area contributed by atoms with Gasteiger partial charge in [0.2, 0.25) is 0 Å². The fourth-order valence-electron chi connectivity index (χ4n) is 3.51. The third-order valence-corrected chi connectivity index (χ3v) is 5.18. The molecule has 3 rings (SSSR count). The van der Waals surface area contributed by atoms with Crippen molar-refractivity contribution in [2.75, 3.05) is 19.6 Å².